The van der Waals surface area contributed by atoms with Gasteiger partial charge in [-0.25, -0.2) is 0 Å². The van der Waals surface area contributed by atoms with Crippen molar-refractivity contribution in [1.29, 1.82) is 0 Å². The second-order valence-corrected chi connectivity index (χ2v) is 8.34. The van der Waals surface area contributed by atoms with E-state index >= 15 is 0 Å². The third-order valence-corrected chi connectivity index (χ3v) is 5.70. The molecule has 6 heteroatoms. The van der Waals surface area contributed by atoms with E-state index in [2.05, 4.69) is 19.0 Å². The molecule has 0 fully saturated rings. The minimum atomic E-state index is -0.575. The number of benzene rings is 2. The Bertz CT molecular complexity index is 1040. The molecule has 2 heterocycles. The van der Waals surface area contributed by atoms with E-state index in [9.17, 15) is 4.79 Å². The number of carbonyl (C=O) groups excluding carboxylic acids is 1. The predicted octanol–water partition coefficient (Wildman–Crippen LogP) is 5.47. The number of aromatic nitrogens is 1. The van der Waals surface area contributed by atoms with Gasteiger partial charge < -0.3 is 14.2 Å². The number of rotatable bonds is 5. The summed E-state index contributed by atoms with van der Waals surface area (Å²) in [5, 5.41) is 4.90. The van der Waals surface area contributed by atoms with Gasteiger partial charge in [-0.3, -0.25) is 4.79 Å². The molecular formula is C24H25ClN2O3. The van der Waals surface area contributed by atoms with Gasteiger partial charge in [0.15, 0.2) is 11.9 Å². The van der Waals surface area contributed by atoms with Crippen LogP contribution >= 0.6 is 11.6 Å². The van der Waals surface area contributed by atoms with Gasteiger partial charge in [0.25, 0.3) is 5.91 Å². The van der Waals surface area contributed by atoms with E-state index in [4.69, 9.17) is 20.9 Å². The molecule has 3 aromatic rings. The first-order valence-corrected chi connectivity index (χ1v) is 10.6. The second kappa shape index (κ2) is 8.52. The van der Waals surface area contributed by atoms with Crippen molar-refractivity contribution in [1.82, 2.24) is 10.1 Å². The predicted molar refractivity (Wildman–Crippen MR) is 117 cm³/mol. The lowest BCUT2D eigenvalue weighted by molar-refractivity contribution is -0.139. The van der Waals surface area contributed by atoms with E-state index in [0.29, 0.717) is 30.5 Å². The van der Waals surface area contributed by atoms with Crippen LogP contribution in [0, 0.1) is 0 Å². The lowest BCUT2D eigenvalue weighted by Gasteiger charge is -2.29. The Morgan fingerprint density at radius 3 is 2.60 bits per heavy atom. The molecule has 1 aliphatic heterocycles. The number of ether oxygens (including phenoxy) is 1. The number of para-hydroxylation sites is 1. The number of amides is 1. The summed E-state index contributed by atoms with van der Waals surface area (Å²) in [5.41, 5.74) is 3.89. The van der Waals surface area contributed by atoms with Crippen molar-refractivity contribution in [3.63, 3.8) is 0 Å². The van der Waals surface area contributed by atoms with Crippen LogP contribution in [0.5, 0.6) is 5.75 Å². The largest absolute Gasteiger partial charge is 0.481 e. The van der Waals surface area contributed by atoms with Crippen LogP contribution in [-0.2, 0) is 17.8 Å². The van der Waals surface area contributed by atoms with Gasteiger partial charge in [0.05, 0.1) is 6.54 Å². The molecular weight excluding hydrogens is 400 g/mol. The van der Waals surface area contributed by atoms with Gasteiger partial charge in [0.2, 0.25) is 0 Å². The van der Waals surface area contributed by atoms with Crippen molar-refractivity contribution in [2.45, 2.75) is 45.8 Å². The highest BCUT2D eigenvalue weighted by Gasteiger charge is 2.30. The zero-order valence-corrected chi connectivity index (χ0v) is 18.1. The molecule has 4 rings (SSSR count). The highest BCUT2D eigenvalue weighted by atomic mass is 35.5. The summed E-state index contributed by atoms with van der Waals surface area (Å²) in [6, 6.07) is 15.4. The third kappa shape index (κ3) is 4.08. The molecule has 1 aliphatic rings. The number of hydrogen-bond donors (Lipinski definition) is 0. The average molecular weight is 425 g/mol. The van der Waals surface area contributed by atoms with E-state index in [1.54, 1.807) is 11.8 Å². The number of fused-ring (bicyclic) bond motifs is 1. The first kappa shape index (κ1) is 20.5. The highest BCUT2D eigenvalue weighted by molar-refractivity contribution is 6.30. The van der Waals surface area contributed by atoms with Gasteiger partial charge >= 0.3 is 0 Å². The van der Waals surface area contributed by atoms with Crippen molar-refractivity contribution in [3.8, 4) is 17.1 Å². The van der Waals surface area contributed by atoms with Gasteiger partial charge in [-0.1, -0.05) is 48.8 Å². The van der Waals surface area contributed by atoms with Crippen LogP contribution in [-0.4, -0.2) is 28.6 Å². The summed E-state index contributed by atoms with van der Waals surface area (Å²) >= 11 is 5.98. The SMILES string of the molecule is CC(Oc1ccccc1C(C)C)C(=O)N1CCc2c(noc2-c2ccc(Cl)cc2)C1. The lowest BCUT2D eigenvalue weighted by atomic mass is 10.0. The van der Waals surface area contributed by atoms with Crippen LogP contribution in [0.1, 0.15) is 43.5 Å². The summed E-state index contributed by atoms with van der Waals surface area (Å²) in [6.45, 7) is 7.06. The Hall–Kier alpha value is -2.79. The van der Waals surface area contributed by atoms with Crippen LogP contribution in [0.4, 0.5) is 0 Å². The van der Waals surface area contributed by atoms with Crippen molar-refractivity contribution in [2.24, 2.45) is 0 Å². The topological polar surface area (TPSA) is 55.6 Å². The number of hydrogen-bond acceptors (Lipinski definition) is 4. The monoisotopic (exact) mass is 424 g/mol. The normalized spacial score (nSPS) is 14.5. The molecule has 0 saturated carbocycles. The number of halogens is 1. The third-order valence-electron chi connectivity index (χ3n) is 5.45. The Morgan fingerprint density at radius 1 is 1.13 bits per heavy atom. The Labute approximate surface area is 181 Å². The molecule has 0 radical (unpaired) electrons. The molecule has 1 amide bonds. The van der Waals surface area contributed by atoms with Crippen molar-refractivity contribution < 1.29 is 14.1 Å². The standard InChI is InChI=1S/C24H25ClN2O3/c1-15(2)19-6-4-5-7-22(19)29-16(3)24(28)27-13-12-20-21(14-27)26-30-23(20)17-8-10-18(25)11-9-17/h4-11,15-16H,12-14H2,1-3H3. The summed E-state index contributed by atoms with van der Waals surface area (Å²) in [7, 11) is 0. The van der Waals surface area contributed by atoms with Crippen LogP contribution in [0.3, 0.4) is 0 Å². The quantitative estimate of drug-likeness (QED) is 0.544. The minimum Gasteiger partial charge on any atom is -0.481 e. The van der Waals surface area contributed by atoms with Crippen LogP contribution in [0.25, 0.3) is 11.3 Å². The molecule has 2 aromatic carbocycles. The minimum absolute atomic E-state index is 0.0461. The van der Waals surface area contributed by atoms with E-state index in [0.717, 1.165) is 33.9 Å². The van der Waals surface area contributed by atoms with Crippen molar-refractivity contribution in [2.75, 3.05) is 6.54 Å². The zero-order chi connectivity index (χ0) is 21.3. The number of nitrogens with zero attached hydrogens (tertiary/aromatic N) is 2. The van der Waals surface area contributed by atoms with Crippen molar-refractivity contribution in [3.05, 3.63) is 70.4 Å². The Kier molecular flexibility index (Phi) is 5.82. The van der Waals surface area contributed by atoms with E-state index in [-0.39, 0.29) is 5.91 Å². The van der Waals surface area contributed by atoms with Gasteiger partial charge in [0, 0.05) is 22.7 Å². The second-order valence-electron chi connectivity index (χ2n) is 7.91. The smallest absolute Gasteiger partial charge is 0.263 e. The van der Waals surface area contributed by atoms with Gasteiger partial charge in [0.1, 0.15) is 11.4 Å². The first-order chi connectivity index (χ1) is 14.4. The summed E-state index contributed by atoms with van der Waals surface area (Å²) in [4.78, 5) is 14.8. The molecule has 0 spiro atoms. The van der Waals surface area contributed by atoms with E-state index in [1.165, 1.54) is 0 Å². The Morgan fingerprint density at radius 2 is 1.87 bits per heavy atom. The Balaban J connectivity index is 1.47. The molecule has 0 aliphatic carbocycles. The molecule has 156 valence electrons. The maximum Gasteiger partial charge on any atom is 0.263 e. The fourth-order valence-corrected chi connectivity index (χ4v) is 3.94. The molecule has 1 aromatic heterocycles. The molecule has 0 N–H and O–H groups in total. The van der Waals surface area contributed by atoms with Crippen LogP contribution in [0.15, 0.2) is 53.1 Å². The summed E-state index contributed by atoms with van der Waals surface area (Å²) in [6.07, 6.45) is 0.117. The molecule has 1 atom stereocenters. The maximum atomic E-state index is 13.0. The molecule has 0 saturated heterocycles. The first-order valence-electron chi connectivity index (χ1n) is 10.2. The maximum absolute atomic E-state index is 13.0. The molecule has 30 heavy (non-hydrogen) atoms. The summed E-state index contributed by atoms with van der Waals surface area (Å²) in [5.74, 6) is 1.79. The van der Waals surface area contributed by atoms with Crippen LogP contribution in [0.2, 0.25) is 5.02 Å². The number of carbonyl (C=O) groups is 1. The van der Waals surface area contributed by atoms with Crippen LogP contribution < -0.4 is 4.74 Å². The fraction of sp³-hybridized carbons (Fsp3) is 0.333. The van der Waals surface area contributed by atoms with Gasteiger partial charge in [-0.2, -0.15) is 0 Å². The van der Waals surface area contributed by atoms with Gasteiger partial charge in [-0.05, 0) is 55.2 Å². The van der Waals surface area contributed by atoms with Gasteiger partial charge in [-0.15, -0.1) is 0 Å². The molecule has 5 nitrogen and oxygen atoms in total. The summed E-state index contributed by atoms with van der Waals surface area (Å²) < 4.78 is 11.7. The highest BCUT2D eigenvalue weighted by Crippen LogP contribution is 2.32. The molecule has 0 bridgehead atoms. The van der Waals surface area contributed by atoms with E-state index in [1.807, 2.05) is 48.5 Å². The fourth-order valence-electron chi connectivity index (χ4n) is 3.81. The average Bonchev–Trinajstić information content (AvgIpc) is 3.17. The lowest BCUT2D eigenvalue weighted by Crippen LogP contribution is -2.43. The zero-order valence-electron chi connectivity index (χ0n) is 17.4. The van der Waals surface area contributed by atoms with Crippen molar-refractivity contribution >= 4 is 17.5 Å². The van der Waals surface area contributed by atoms with E-state index < -0.39 is 6.10 Å². The molecule has 1 unspecified atom stereocenters.